The minimum absolute atomic E-state index is 0.0198. The third-order valence-electron chi connectivity index (χ3n) is 5.96. The summed E-state index contributed by atoms with van der Waals surface area (Å²) in [4.78, 5) is 0. The minimum atomic E-state index is -2.55. The van der Waals surface area contributed by atoms with E-state index in [-0.39, 0.29) is 17.2 Å². The standard InChI is InChI=1S/C26H38O3Si/c1-7-14-21(19-22-20-27-26(5,6)28-22)29-30(25(2,3)4,23-15-10-8-11-16-23)24-17-12-9-13-18-24/h8-13,15-18,21-22H,7,14,19-20H2,1-6H3/t21-,22-/m0/s1. The lowest BCUT2D eigenvalue weighted by Crippen LogP contribution is -2.67. The molecule has 1 aliphatic heterocycles. The van der Waals surface area contributed by atoms with Gasteiger partial charge in [0.25, 0.3) is 8.32 Å². The summed E-state index contributed by atoms with van der Waals surface area (Å²) in [7, 11) is -2.55. The van der Waals surface area contributed by atoms with E-state index in [4.69, 9.17) is 13.9 Å². The number of benzene rings is 2. The molecule has 0 unspecified atom stereocenters. The highest BCUT2D eigenvalue weighted by atomic mass is 28.4. The minimum Gasteiger partial charge on any atom is -0.404 e. The molecule has 0 saturated carbocycles. The van der Waals surface area contributed by atoms with Gasteiger partial charge in [-0.15, -0.1) is 0 Å². The molecule has 0 amide bonds. The van der Waals surface area contributed by atoms with E-state index in [9.17, 15) is 0 Å². The van der Waals surface area contributed by atoms with Crippen LogP contribution < -0.4 is 10.4 Å². The highest BCUT2D eigenvalue weighted by molar-refractivity contribution is 6.99. The smallest absolute Gasteiger partial charge is 0.261 e. The molecule has 3 rings (SSSR count). The van der Waals surface area contributed by atoms with Crippen LogP contribution in [-0.4, -0.2) is 32.9 Å². The van der Waals surface area contributed by atoms with Gasteiger partial charge in [-0.25, -0.2) is 0 Å². The van der Waals surface area contributed by atoms with Gasteiger partial charge in [-0.2, -0.15) is 0 Å². The van der Waals surface area contributed by atoms with Crippen LogP contribution in [0.5, 0.6) is 0 Å². The van der Waals surface area contributed by atoms with Crippen molar-refractivity contribution >= 4 is 18.7 Å². The second kappa shape index (κ2) is 9.35. The van der Waals surface area contributed by atoms with Crippen LogP contribution in [0.15, 0.2) is 60.7 Å². The van der Waals surface area contributed by atoms with Crippen LogP contribution in [0.2, 0.25) is 5.04 Å². The van der Waals surface area contributed by atoms with E-state index in [1.54, 1.807) is 0 Å². The molecule has 1 saturated heterocycles. The van der Waals surface area contributed by atoms with Crippen LogP contribution in [0.3, 0.4) is 0 Å². The predicted molar refractivity (Wildman–Crippen MR) is 127 cm³/mol. The number of hydrogen-bond acceptors (Lipinski definition) is 3. The molecule has 2 aromatic carbocycles. The van der Waals surface area contributed by atoms with Gasteiger partial charge in [-0.3, -0.25) is 0 Å². The van der Waals surface area contributed by atoms with Crippen molar-refractivity contribution in [3.63, 3.8) is 0 Å². The van der Waals surface area contributed by atoms with E-state index in [1.807, 2.05) is 13.8 Å². The quantitative estimate of drug-likeness (QED) is 0.538. The van der Waals surface area contributed by atoms with Crippen LogP contribution in [0.4, 0.5) is 0 Å². The Kier molecular flexibility index (Phi) is 7.23. The van der Waals surface area contributed by atoms with Crippen LogP contribution >= 0.6 is 0 Å². The third-order valence-corrected chi connectivity index (χ3v) is 11.1. The van der Waals surface area contributed by atoms with Crippen molar-refractivity contribution in [1.82, 2.24) is 0 Å². The Labute approximate surface area is 183 Å². The fourth-order valence-electron chi connectivity index (χ4n) is 4.66. The normalized spacial score (nSPS) is 20.3. The first kappa shape index (κ1) is 23.2. The van der Waals surface area contributed by atoms with Crippen molar-refractivity contribution in [2.75, 3.05) is 6.61 Å². The summed E-state index contributed by atoms with van der Waals surface area (Å²) in [5.74, 6) is -0.501. The summed E-state index contributed by atoms with van der Waals surface area (Å²) in [6, 6.07) is 21.8. The van der Waals surface area contributed by atoms with E-state index in [2.05, 4.69) is 88.4 Å². The Bertz CT molecular complexity index is 743. The molecule has 2 aromatic rings. The maximum absolute atomic E-state index is 7.35. The van der Waals surface area contributed by atoms with Crippen LogP contribution in [0.1, 0.15) is 60.8 Å². The molecule has 0 aliphatic carbocycles. The van der Waals surface area contributed by atoms with E-state index in [1.165, 1.54) is 10.4 Å². The lowest BCUT2D eigenvalue weighted by molar-refractivity contribution is -0.141. The summed E-state index contributed by atoms with van der Waals surface area (Å²) in [5, 5.41) is 2.64. The van der Waals surface area contributed by atoms with Gasteiger partial charge < -0.3 is 13.9 Å². The second-order valence-electron chi connectivity index (χ2n) is 9.88. The first-order valence-corrected chi connectivity index (χ1v) is 13.2. The highest BCUT2D eigenvalue weighted by Gasteiger charge is 2.51. The molecular weight excluding hydrogens is 388 g/mol. The van der Waals surface area contributed by atoms with Gasteiger partial charge in [-0.1, -0.05) is 94.8 Å². The molecule has 0 spiro atoms. The molecule has 0 radical (unpaired) electrons. The van der Waals surface area contributed by atoms with Gasteiger partial charge >= 0.3 is 0 Å². The molecule has 0 N–H and O–H groups in total. The summed E-state index contributed by atoms with van der Waals surface area (Å²) in [6.45, 7) is 13.9. The van der Waals surface area contributed by atoms with Crippen molar-refractivity contribution in [3.8, 4) is 0 Å². The van der Waals surface area contributed by atoms with Crippen molar-refractivity contribution < 1.29 is 13.9 Å². The maximum atomic E-state index is 7.35. The molecule has 30 heavy (non-hydrogen) atoms. The van der Waals surface area contributed by atoms with Gasteiger partial charge in [0.05, 0.1) is 12.7 Å². The third kappa shape index (κ3) is 5.05. The van der Waals surface area contributed by atoms with Crippen LogP contribution in [0, 0.1) is 0 Å². The zero-order chi connectivity index (χ0) is 21.8. The predicted octanol–water partition coefficient (Wildman–Crippen LogP) is 5.27. The monoisotopic (exact) mass is 426 g/mol. The lowest BCUT2D eigenvalue weighted by Gasteiger charge is -2.45. The summed E-state index contributed by atoms with van der Waals surface area (Å²) in [6.07, 6.45) is 3.17. The number of hydrogen-bond donors (Lipinski definition) is 0. The summed E-state index contributed by atoms with van der Waals surface area (Å²) < 4.78 is 19.3. The topological polar surface area (TPSA) is 27.7 Å². The number of ether oxygens (including phenoxy) is 2. The average molecular weight is 427 g/mol. The zero-order valence-electron chi connectivity index (χ0n) is 19.5. The first-order chi connectivity index (χ1) is 14.2. The Hall–Kier alpha value is -1.46. The van der Waals surface area contributed by atoms with Crippen molar-refractivity contribution in [2.24, 2.45) is 0 Å². The molecular formula is C26H38O3Si. The Balaban J connectivity index is 2.02. The summed E-state index contributed by atoms with van der Waals surface area (Å²) in [5.41, 5.74) is 0. The molecule has 3 nitrogen and oxygen atoms in total. The van der Waals surface area contributed by atoms with Crippen LogP contribution in [0.25, 0.3) is 0 Å². The van der Waals surface area contributed by atoms with E-state index in [0.29, 0.717) is 6.61 Å². The molecule has 1 heterocycles. The van der Waals surface area contributed by atoms with E-state index >= 15 is 0 Å². The molecule has 0 bridgehead atoms. The van der Waals surface area contributed by atoms with Crippen molar-refractivity contribution in [3.05, 3.63) is 60.7 Å². The van der Waals surface area contributed by atoms with E-state index < -0.39 is 14.1 Å². The lowest BCUT2D eigenvalue weighted by atomic mass is 10.1. The van der Waals surface area contributed by atoms with Crippen LogP contribution in [-0.2, 0) is 13.9 Å². The van der Waals surface area contributed by atoms with Gasteiger partial charge in [0.1, 0.15) is 0 Å². The van der Waals surface area contributed by atoms with Gasteiger partial charge in [0.15, 0.2) is 5.79 Å². The Morgan fingerprint density at radius 1 is 1.00 bits per heavy atom. The second-order valence-corrected chi connectivity index (χ2v) is 14.1. The largest absolute Gasteiger partial charge is 0.404 e. The summed E-state index contributed by atoms with van der Waals surface area (Å²) >= 11 is 0. The Morgan fingerprint density at radius 2 is 1.53 bits per heavy atom. The maximum Gasteiger partial charge on any atom is 0.261 e. The fourth-order valence-corrected chi connectivity index (χ4v) is 9.39. The van der Waals surface area contributed by atoms with Crippen molar-refractivity contribution in [2.45, 2.75) is 83.8 Å². The molecule has 2 atom stereocenters. The SMILES string of the molecule is CCC[C@@H](C[C@H]1COC(C)(C)O1)O[Si](c1ccccc1)(c1ccccc1)C(C)(C)C. The molecule has 1 fully saturated rings. The van der Waals surface area contributed by atoms with E-state index in [0.717, 1.165) is 19.3 Å². The molecule has 0 aromatic heterocycles. The Morgan fingerprint density at radius 3 is 1.93 bits per heavy atom. The highest BCUT2D eigenvalue weighted by Crippen LogP contribution is 2.39. The first-order valence-electron chi connectivity index (χ1n) is 11.3. The molecule has 1 aliphatic rings. The average Bonchev–Trinajstić information content (AvgIpc) is 3.05. The van der Waals surface area contributed by atoms with Crippen molar-refractivity contribution in [1.29, 1.82) is 0 Å². The molecule has 4 heteroatoms. The fraction of sp³-hybridized carbons (Fsp3) is 0.538. The van der Waals surface area contributed by atoms with Gasteiger partial charge in [-0.05, 0) is 35.7 Å². The van der Waals surface area contributed by atoms with Gasteiger partial charge in [0, 0.05) is 12.5 Å². The van der Waals surface area contributed by atoms with Gasteiger partial charge in [0.2, 0.25) is 0 Å². The zero-order valence-corrected chi connectivity index (χ0v) is 20.5. The number of rotatable bonds is 8. The molecule has 164 valence electrons.